The second-order valence-electron chi connectivity index (χ2n) is 5.02. The maximum Gasteiger partial charge on any atom is 0.283 e. The first-order valence-electron chi connectivity index (χ1n) is 6.62. The third-order valence-electron chi connectivity index (χ3n) is 2.85. The van der Waals surface area contributed by atoms with Gasteiger partial charge in [-0.05, 0) is 34.7 Å². The van der Waals surface area contributed by atoms with E-state index in [2.05, 4.69) is 26.3 Å². The van der Waals surface area contributed by atoms with Crippen molar-refractivity contribution in [3.8, 4) is 0 Å². The summed E-state index contributed by atoms with van der Waals surface area (Å²) >= 11 is 3.33. The van der Waals surface area contributed by atoms with E-state index in [4.69, 9.17) is 5.11 Å². The number of nitrogens with one attached hydrogen (secondary N) is 1. The highest BCUT2D eigenvalue weighted by Gasteiger charge is 2.12. The number of aliphatic hydroxyl groups excluding tert-OH is 1. The Morgan fingerprint density at radius 3 is 2.74 bits per heavy atom. The molecule has 1 aromatic rings. The van der Waals surface area contributed by atoms with E-state index < -0.39 is 0 Å². The quantitative estimate of drug-likeness (QED) is 0.804. The topological polar surface area (TPSA) is 67.2 Å². The van der Waals surface area contributed by atoms with E-state index in [0.29, 0.717) is 29.0 Å². The Morgan fingerprint density at radius 1 is 1.53 bits per heavy atom. The maximum absolute atomic E-state index is 12.1. The molecule has 0 aliphatic carbocycles. The molecule has 1 atom stereocenters. The van der Waals surface area contributed by atoms with Crippen LogP contribution in [0.2, 0.25) is 0 Å². The monoisotopic (exact) mass is 331 g/mol. The lowest BCUT2D eigenvalue weighted by Gasteiger charge is -2.18. The first kappa shape index (κ1) is 16.2. The molecule has 0 aliphatic rings. The fourth-order valence-electron chi connectivity index (χ4n) is 1.80. The highest BCUT2D eigenvalue weighted by Crippen LogP contribution is 2.19. The van der Waals surface area contributed by atoms with Crippen molar-refractivity contribution in [2.75, 3.05) is 11.9 Å². The number of rotatable bonds is 7. The van der Waals surface area contributed by atoms with E-state index >= 15 is 0 Å². The summed E-state index contributed by atoms with van der Waals surface area (Å²) in [6, 6.07) is 0.142. The second kappa shape index (κ2) is 7.65. The molecule has 0 spiro atoms. The molecule has 1 heterocycles. The van der Waals surface area contributed by atoms with Gasteiger partial charge in [-0.25, -0.2) is 4.68 Å². The van der Waals surface area contributed by atoms with Gasteiger partial charge in [0.1, 0.15) is 4.47 Å². The van der Waals surface area contributed by atoms with Gasteiger partial charge in [0, 0.05) is 19.2 Å². The lowest BCUT2D eigenvalue weighted by Crippen LogP contribution is -2.28. The van der Waals surface area contributed by atoms with Gasteiger partial charge in [-0.3, -0.25) is 4.79 Å². The van der Waals surface area contributed by atoms with Crippen molar-refractivity contribution in [3.05, 3.63) is 21.0 Å². The van der Waals surface area contributed by atoms with Crippen LogP contribution in [0.3, 0.4) is 0 Å². The molecular weight excluding hydrogens is 310 g/mol. The molecule has 0 amide bonds. The van der Waals surface area contributed by atoms with Gasteiger partial charge < -0.3 is 10.4 Å². The van der Waals surface area contributed by atoms with Gasteiger partial charge in [-0.2, -0.15) is 5.10 Å². The standard InChI is InChI=1S/C13H22BrN3O2/c1-4-10(5-6-18)16-11-7-15-17(8-9(2)3)13(19)12(11)14/h7,9-10,16,18H,4-6,8H2,1-3H3. The minimum Gasteiger partial charge on any atom is -0.396 e. The van der Waals surface area contributed by atoms with Crippen molar-refractivity contribution in [1.82, 2.24) is 9.78 Å². The Morgan fingerprint density at radius 2 is 2.21 bits per heavy atom. The lowest BCUT2D eigenvalue weighted by atomic mass is 10.1. The average molecular weight is 332 g/mol. The SMILES string of the molecule is CCC(CCO)Nc1cnn(CC(C)C)c(=O)c1Br. The van der Waals surface area contributed by atoms with Gasteiger partial charge >= 0.3 is 0 Å². The first-order chi connectivity index (χ1) is 8.99. The van der Waals surface area contributed by atoms with E-state index in [9.17, 15) is 4.79 Å². The Labute approximate surface area is 122 Å². The molecule has 5 nitrogen and oxygen atoms in total. The number of anilines is 1. The molecule has 0 aliphatic heterocycles. The van der Waals surface area contributed by atoms with Crippen molar-refractivity contribution in [3.63, 3.8) is 0 Å². The molecule has 1 aromatic heterocycles. The zero-order chi connectivity index (χ0) is 14.4. The van der Waals surface area contributed by atoms with Crippen LogP contribution < -0.4 is 10.9 Å². The molecule has 0 fully saturated rings. The van der Waals surface area contributed by atoms with Crippen LogP contribution in [-0.4, -0.2) is 27.5 Å². The maximum atomic E-state index is 12.1. The fourth-order valence-corrected chi connectivity index (χ4v) is 2.22. The number of nitrogens with zero attached hydrogens (tertiary/aromatic N) is 2. The number of aliphatic hydroxyl groups is 1. The Balaban J connectivity index is 2.92. The predicted molar refractivity (Wildman–Crippen MR) is 80.4 cm³/mol. The van der Waals surface area contributed by atoms with Crippen LogP contribution in [0, 0.1) is 5.92 Å². The van der Waals surface area contributed by atoms with Crippen molar-refractivity contribution < 1.29 is 5.11 Å². The highest BCUT2D eigenvalue weighted by molar-refractivity contribution is 9.10. The van der Waals surface area contributed by atoms with E-state index in [1.165, 1.54) is 4.68 Å². The molecule has 0 bridgehead atoms. The number of aromatic nitrogens is 2. The van der Waals surface area contributed by atoms with Crippen LogP contribution in [-0.2, 0) is 6.54 Å². The van der Waals surface area contributed by atoms with E-state index in [1.54, 1.807) is 6.20 Å². The average Bonchev–Trinajstić information content (AvgIpc) is 2.37. The summed E-state index contributed by atoms with van der Waals surface area (Å²) < 4.78 is 1.96. The zero-order valence-corrected chi connectivity index (χ0v) is 13.3. The smallest absolute Gasteiger partial charge is 0.283 e. The Kier molecular flexibility index (Phi) is 6.51. The molecule has 0 saturated heterocycles. The summed E-state index contributed by atoms with van der Waals surface area (Å²) in [4.78, 5) is 12.1. The molecule has 2 N–H and O–H groups in total. The molecular formula is C13H22BrN3O2. The predicted octanol–water partition coefficient (Wildman–Crippen LogP) is 2.23. The molecule has 108 valence electrons. The number of halogens is 1. The third kappa shape index (κ3) is 4.62. The van der Waals surface area contributed by atoms with E-state index in [-0.39, 0.29) is 18.2 Å². The van der Waals surface area contributed by atoms with E-state index in [1.807, 2.05) is 20.8 Å². The molecule has 1 unspecified atom stereocenters. The molecule has 19 heavy (non-hydrogen) atoms. The highest BCUT2D eigenvalue weighted by atomic mass is 79.9. The van der Waals surface area contributed by atoms with Crippen LogP contribution in [0.1, 0.15) is 33.6 Å². The summed E-state index contributed by atoms with van der Waals surface area (Å²) in [5.74, 6) is 0.369. The van der Waals surface area contributed by atoms with Crippen LogP contribution >= 0.6 is 15.9 Å². The van der Waals surface area contributed by atoms with Crippen LogP contribution in [0.25, 0.3) is 0 Å². The largest absolute Gasteiger partial charge is 0.396 e. The summed E-state index contributed by atoms with van der Waals surface area (Å²) in [6.45, 7) is 6.85. The normalized spacial score (nSPS) is 12.7. The van der Waals surface area contributed by atoms with Crippen molar-refractivity contribution in [2.45, 2.75) is 46.2 Å². The minimum atomic E-state index is -0.127. The van der Waals surface area contributed by atoms with Gasteiger partial charge in [0.25, 0.3) is 5.56 Å². The molecule has 1 rings (SSSR count). The first-order valence-corrected chi connectivity index (χ1v) is 7.41. The summed E-state index contributed by atoms with van der Waals surface area (Å²) in [5.41, 5.74) is 0.558. The van der Waals surface area contributed by atoms with E-state index in [0.717, 1.165) is 6.42 Å². The zero-order valence-electron chi connectivity index (χ0n) is 11.7. The molecule has 0 radical (unpaired) electrons. The summed E-state index contributed by atoms with van der Waals surface area (Å²) in [6.07, 6.45) is 3.19. The molecule has 0 saturated carbocycles. The third-order valence-corrected chi connectivity index (χ3v) is 3.62. The molecule has 0 aromatic carbocycles. The van der Waals surface area contributed by atoms with Crippen molar-refractivity contribution in [1.29, 1.82) is 0 Å². The van der Waals surface area contributed by atoms with Crippen molar-refractivity contribution >= 4 is 21.6 Å². The minimum absolute atomic E-state index is 0.126. The second-order valence-corrected chi connectivity index (χ2v) is 5.81. The lowest BCUT2D eigenvalue weighted by molar-refractivity contribution is 0.278. The summed E-state index contributed by atoms with van der Waals surface area (Å²) in [7, 11) is 0. The van der Waals surface area contributed by atoms with Gasteiger partial charge in [0.15, 0.2) is 0 Å². The Bertz CT molecular complexity index is 460. The Hall–Kier alpha value is -0.880. The number of hydrogen-bond donors (Lipinski definition) is 2. The summed E-state index contributed by atoms with van der Waals surface area (Å²) in [5, 5.41) is 16.4. The van der Waals surface area contributed by atoms with Crippen LogP contribution in [0.5, 0.6) is 0 Å². The van der Waals surface area contributed by atoms with Gasteiger partial charge in [0.05, 0.1) is 11.9 Å². The van der Waals surface area contributed by atoms with Gasteiger partial charge in [-0.15, -0.1) is 0 Å². The van der Waals surface area contributed by atoms with Crippen LogP contribution in [0.15, 0.2) is 15.5 Å². The van der Waals surface area contributed by atoms with Gasteiger partial charge in [0.2, 0.25) is 0 Å². The fraction of sp³-hybridized carbons (Fsp3) is 0.692. The number of hydrogen-bond acceptors (Lipinski definition) is 4. The van der Waals surface area contributed by atoms with Crippen LogP contribution in [0.4, 0.5) is 5.69 Å². The van der Waals surface area contributed by atoms with Gasteiger partial charge in [-0.1, -0.05) is 20.8 Å². The molecule has 6 heteroatoms. The van der Waals surface area contributed by atoms with Crippen molar-refractivity contribution in [2.24, 2.45) is 5.92 Å².